The molecule has 1 amide bonds. The molecule has 6 heteroatoms. The molecule has 3 heterocycles. The number of rotatable bonds is 3. The summed E-state index contributed by atoms with van der Waals surface area (Å²) >= 11 is 0. The van der Waals surface area contributed by atoms with Crippen LogP contribution in [0.25, 0.3) is 11.1 Å². The first-order valence-electron chi connectivity index (χ1n) is 8.67. The minimum Gasteiger partial charge on any atom is -0.440 e. The lowest BCUT2D eigenvalue weighted by atomic mass is 9.97. The summed E-state index contributed by atoms with van der Waals surface area (Å²) in [5, 5.41) is 3.93. The fraction of sp³-hybridized carbons (Fsp3) is 0.421. The third-order valence-electron chi connectivity index (χ3n) is 4.94. The molecule has 1 atom stereocenters. The van der Waals surface area contributed by atoms with Gasteiger partial charge in [-0.15, -0.1) is 0 Å². The van der Waals surface area contributed by atoms with Crippen LogP contribution in [-0.2, 0) is 11.2 Å². The highest BCUT2D eigenvalue weighted by Crippen LogP contribution is 2.29. The molecule has 1 aromatic carbocycles. The summed E-state index contributed by atoms with van der Waals surface area (Å²) in [4.78, 5) is 19.2. The van der Waals surface area contributed by atoms with E-state index in [4.69, 9.17) is 8.94 Å². The van der Waals surface area contributed by atoms with E-state index in [1.165, 1.54) is 0 Å². The largest absolute Gasteiger partial charge is 0.440 e. The molecule has 1 fully saturated rings. The Bertz CT molecular complexity index is 859. The molecular weight excluding hydrogens is 318 g/mol. The van der Waals surface area contributed by atoms with Gasteiger partial charge in [-0.2, -0.15) is 0 Å². The Morgan fingerprint density at radius 3 is 2.92 bits per heavy atom. The van der Waals surface area contributed by atoms with Crippen LogP contribution in [0.2, 0.25) is 0 Å². The van der Waals surface area contributed by atoms with Crippen LogP contribution in [0, 0.1) is 13.8 Å². The van der Waals surface area contributed by atoms with E-state index in [9.17, 15) is 4.79 Å². The predicted molar refractivity (Wildman–Crippen MR) is 92.2 cm³/mol. The van der Waals surface area contributed by atoms with Crippen molar-refractivity contribution in [1.29, 1.82) is 0 Å². The van der Waals surface area contributed by atoms with Crippen molar-refractivity contribution in [1.82, 2.24) is 15.0 Å². The van der Waals surface area contributed by atoms with Crippen molar-refractivity contribution in [3.63, 3.8) is 0 Å². The van der Waals surface area contributed by atoms with E-state index >= 15 is 0 Å². The van der Waals surface area contributed by atoms with E-state index in [1.807, 2.05) is 43.0 Å². The molecule has 130 valence electrons. The number of fused-ring (bicyclic) bond motifs is 1. The number of piperidine rings is 1. The molecule has 1 aliphatic heterocycles. The van der Waals surface area contributed by atoms with Crippen LogP contribution >= 0.6 is 0 Å². The van der Waals surface area contributed by atoms with E-state index in [2.05, 4.69) is 10.1 Å². The van der Waals surface area contributed by atoms with E-state index in [-0.39, 0.29) is 11.8 Å². The van der Waals surface area contributed by atoms with Gasteiger partial charge in [0.1, 0.15) is 11.3 Å². The average molecular weight is 339 g/mol. The zero-order valence-corrected chi connectivity index (χ0v) is 14.5. The number of carbonyl (C=O) groups excluding carboxylic acids is 1. The fourth-order valence-electron chi connectivity index (χ4n) is 3.49. The van der Waals surface area contributed by atoms with E-state index in [1.54, 1.807) is 0 Å². The highest BCUT2D eigenvalue weighted by atomic mass is 16.5. The SMILES string of the molecule is Cc1noc(C)c1CC(=O)N1CCCC(c2nc3ccccc3o2)C1. The number of hydrogen-bond donors (Lipinski definition) is 0. The Labute approximate surface area is 145 Å². The summed E-state index contributed by atoms with van der Waals surface area (Å²) in [6.45, 7) is 5.14. The molecule has 1 saturated heterocycles. The Kier molecular flexibility index (Phi) is 4.03. The van der Waals surface area contributed by atoms with Crippen molar-refractivity contribution in [3.8, 4) is 0 Å². The summed E-state index contributed by atoms with van der Waals surface area (Å²) in [6.07, 6.45) is 2.28. The van der Waals surface area contributed by atoms with E-state index in [0.29, 0.717) is 13.0 Å². The van der Waals surface area contributed by atoms with Gasteiger partial charge in [-0.3, -0.25) is 4.79 Å². The highest BCUT2D eigenvalue weighted by Gasteiger charge is 2.29. The predicted octanol–water partition coefficient (Wildman–Crippen LogP) is 3.38. The number of benzene rings is 1. The Hall–Kier alpha value is -2.63. The van der Waals surface area contributed by atoms with Crippen molar-refractivity contribution >= 4 is 17.0 Å². The Morgan fingerprint density at radius 2 is 2.16 bits per heavy atom. The van der Waals surface area contributed by atoms with Gasteiger partial charge in [0.05, 0.1) is 18.0 Å². The Balaban J connectivity index is 1.49. The van der Waals surface area contributed by atoms with Gasteiger partial charge in [-0.1, -0.05) is 17.3 Å². The second kappa shape index (κ2) is 6.35. The summed E-state index contributed by atoms with van der Waals surface area (Å²) in [5.74, 6) is 1.71. The summed E-state index contributed by atoms with van der Waals surface area (Å²) < 4.78 is 11.1. The molecule has 6 nitrogen and oxygen atoms in total. The van der Waals surface area contributed by atoms with Crippen molar-refractivity contribution in [2.24, 2.45) is 0 Å². The number of likely N-dealkylation sites (tertiary alicyclic amines) is 1. The van der Waals surface area contributed by atoms with Crippen molar-refractivity contribution < 1.29 is 13.7 Å². The lowest BCUT2D eigenvalue weighted by Gasteiger charge is -2.31. The van der Waals surface area contributed by atoms with Gasteiger partial charge in [-0.25, -0.2) is 4.98 Å². The third-order valence-corrected chi connectivity index (χ3v) is 4.94. The number of para-hydroxylation sites is 2. The molecule has 3 aromatic rings. The normalized spacial score (nSPS) is 18.0. The first-order valence-corrected chi connectivity index (χ1v) is 8.67. The van der Waals surface area contributed by atoms with Crippen LogP contribution in [0.5, 0.6) is 0 Å². The summed E-state index contributed by atoms with van der Waals surface area (Å²) in [5.41, 5.74) is 3.36. The van der Waals surface area contributed by atoms with Crippen LogP contribution in [0.15, 0.2) is 33.2 Å². The molecule has 25 heavy (non-hydrogen) atoms. The van der Waals surface area contributed by atoms with Gasteiger partial charge in [-0.05, 0) is 38.8 Å². The molecular formula is C19H21N3O3. The Morgan fingerprint density at radius 1 is 1.32 bits per heavy atom. The second-order valence-corrected chi connectivity index (χ2v) is 6.68. The maximum absolute atomic E-state index is 12.7. The van der Waals surface area contributed by atoms with Gasteiger partial charge < -0.3 is 13.8 Å². The highest BCUT2D eigenvalue weighted by molar-refractivity contribution is 5.79. The lowest BCUT2D eigenvalue weighted by molar-refractivity contribution is -0.131. The molecule has 0 saturated carbocycles. The molecule has 2 aromatic heterocycles. The van der Waals surface area contributed by atoms with Crippen LogP contribution < -0.4 is 0 Å². The maximum Gasteiger partial charge on any atom is 0.227 e. The van der Waals surface area contributed by atoms with Crippen LogP contribution in [0.3, 0.4) is 0 Å². The fourth-order valence-corrected chi connectivity index (χ4v) is 3.49. The lowest BCUT2D eigenvalue weighted by Crippen LogP contribution is -2.40. The molecule has 0 radical (unpaired) electrons. The maximum atomic E-state index is 12.7. The van der Waals surface area contributed by atoms with Gasteiger partial charge >= 0.3 is 0 Å². The summed E-state index contributed by atoms with van der Waals surface area (Å²) in [6, 6.07) is 7.77. The van der Waals surface area contributed by atoms with Crippen molar-refractivity contribution in [3.05, 3.63) is 47.2 Å². The van der Waals surface area contributed by atoms with Crippen LogP contribution in [0.4, 0.5) is 0 Å². The van der Waals surface area contributed by atoms with Crippen molar-refractivity contribution in [2.45, 2.75) is 39.0 Å². The van der Waals surface area contributed by atoms with Crippen molar-refractivity contribution in [2.75, 3.05) is 13.1 Å². The number of hydrogen-bond acceptors (Lipinski definition) is 5. The molecule has 0 bridgehead atoms. The molecule has 0 aliphatic carbocycles. The second-order valence-electron chi connectivity index (χ2n) is 6.68. The quantitative estimate of drug-likeness (QED) is 0.731. The standard InChI is InChI=1S/C19H21N3O3/c1-12-15(13(2)25-21-12)10-18(23)22-9-5-6-14(11-22)19-20-16-7-3-4-8-17(16)24-19/h3-4,7-8,14H,5-6,9-11H2,1-2H3. The van der Waals surface area contributed by atoms with E-state index in [0.717, 1.165) is 53.4 Å². The van der Waals surface area contributed by atoms with Gasteiger partial charge in [0.25, 0.3) is 0 Å². The molecule has 1 unspecified atom stereocenters. The number of oxazole rings is 1. The minimum absolute atomic E-state index is 0.107. The third kappa shape index (κ3) is 3.04. The first-order chi connectivity index (χ1) is 12.1. The smallest absolute Gasteiger partial charge is 0.227 e. The number of aromatic nitrogens is 2. The molecule has 0 N–H and O–H groups in total. The van der Waals surface area contributed by atoms with E-state index < -0.39 is 0 Å². The zero-order chi connectivity index (χ0) is 17.4. The number of nitrogens with zero attached hydrogens (tertiary/aromatic N) is 3. The average Bonchev–Trinajstić information content (AvgIpc) is 3.20. The van der Waals surface area contributed by atoms with Gasteiger partial charge in [0.15, 0.2) is 11.5 Å². The van der Waals surface area contributed by atoms with Crippen LogP contribution in [-0.4, -0.2) is 34.0 Å². The monoisotopic (exact) mass is 339 g/mol. The number of amides is 1. The number of carbonyl (C=O) groups is 1. The molecule has 4 rings (SSSR count). The minimum atomic E-state index is 0.107. The van der Waals surface area contributed by atoms with Gasteiger partial charge in [0, 0.05) is 18.7 Å². The van der Waals surface area contributed by atoms with Crippen LogP contribution in [0.1, 0.15) is 41.7 Å². The topological polar surface area (TPSA) is 72.4 Å². The first kappa shape index (κ1) is 15.9. The summed E-state index contributed by atoms with van der Waals surface area (Å²) in [7, 11) is 0. The van der Waals surface area contributed by atoms with Gasteiger partial charge in [0.2, 0.25) is 5.91 Å². The zero-order valence-electron chi connectivity index (χ0n) is 14.5. The number of aryl methyl sites for hydroxylation is 2. The molecule has 1 aliphatic rings. The molecule has 0 spiro atoms.